The van der Waals surface area contributed by atoms with Gasteiger partial charge in [0, 0.05) is 30.2 Å². The average molecular weight is 431 g/mol. The summed E-state index contributed by atoms with van der Waals surface area (Å²) in [5.41, 5.74) is 3.73. The highest BCUT2D eigenvalue weighted by molar-refractivity contribution is 7.21. The Morgan fingerprint density at radius 1 is 1.03 bits per heavy atom. The minimum atomic E-state index is -0.0806. The summed E-state index contributed by atoms with van der Waals surface area (Å²) in [5, 5.41) is 13.4. The Labute approximate surface area is 186 Å². The maximum Gasteiger partial charge on any atom is 0.256 e. The molecule has 0 aliphatic rings. The van der Waals surface area contributed by atoms with Gasteiger partial charge in [0.2, 0.25) is 0 Å². The molecule has 0 unspecified atom stereocenters. The zero-order chi connectivity index (χ0) is 22.0. The van der Waals surface area contributed by atoms with Crippen LogP contribution in [-0.2, 0) is 0 Å². The Kier molecular flexibility index (Phi) is 5.91. The van der Waals surface area contributed by atoms with Crippen LogP contribution in [-0.4, -0.2) is 28.4 Å². The lowest BCUT2D eigenvalue weighted by Crippen LogP contribution is -2.30. The molecule has 2 heterocycles. The van der Waals surface area contributed by atoms with Crippen LogP contribution >= 0.6 is 11.3 Å². The molecule has 0 radical (unpaired) electrons. The van der Waals surface area contributed by atoms with Crippen LogP contribution < -0.4 is 10.9 Å². The molecule has 5 nitrogen and oxygen atoms in total. The van der Waals surface area contributed by atoms with Gasteiger partial charge in [-0.15, -0.1) is 11.3 Å². The first-order valence-electron chi connectivity index (χ1n) is 10.4. The summed E-state index contributed by atoms with van der Waals surface area (Å²) < 4.78 is 1.74. The SMILES string of the molecule is CCN(CC)C(=N)c1sc2c(ccc(=O)n2-c2ccccc2)c1Nc1cccc(C)c1. The number of pyridine rings is 1. The van der Waals surface area contributed by atoms with Gasteiger partial charge in [-0.25, -0.2) is 0 Å². The predicted molar refractivity (Wildman–Crippen MR) is 132 cm³/mol. The monoisotopic (exact) mass is 430 g/mol. The lowest BCUT2D eigenvalue weighted by Gasteiger charge is -2.21. The van der Waals surface area contributed by atoms with E-state index in [1.807, 2.05) is 53.4 Å². The number of thiophene rings is 1. The van der Waals surface area contributed by atoms with Crippen molar-refractivity contribution in [3.05, 3.63) is 87.5 Å². The van der Waals surface area contributed by atoms with Gasteiger partial charge in [0.05, 0.1) is 16.3 Å². The van der Waals surface area contributed by atoms with Crippen LogP contribution in [0.3, 0.4) is 0 Å². The molecule has 2 aromatic heterocycles. The van der Waals surface area contributed by atoms with Crippen molar-refractivity contribution in [3.8, 4) is 5.69 Å². The van der Waals surface area contributed by atoms with Crippen molar-refractivity contribution in [2.24, 2.45) is 0 Å². The van der Waals surface area contributed by atoms with E-state index in [1.165, 1.54) is 11.3 Å². The summed E-state index contributed by atoms with van der Waals surface area (Å²) in [7, 11) is 0. The smallest absolute Gasteiger partial charge is 0.256 e. The molecule has 0 atom stereocenters. The number of aryl methyl sites for hydroxylation is 1. The van der Waals surface area contributed by atoms with Crippen molar-refractivity contribution in [3.63, 3.8) is 0 Å². The normalized spacial score (nSPS) is 10.9. The number of benzene rings is 2. The second-order valence-corrected chi connectivity index (χ2v) is 8.38. The van der Waals surface area contributed by atoms with E-state index in [4.69, 9.17) is 5.41 Å². The first-order valence-corrected chi connectivity index (χ1v) is 11.3. The van der Waals surface area contributed by atoms with Crippen LogP contribution in [0.4, 0.5) is 11.4 Å². The number of anilines is 2. The molecule has 0 aliphatic heterocycles. The predicted octanol–water partition coefficient (Wildman–Crippen LogP) is 5.77. The number of hydrogen-bond donors (Lipinski definition) is 2. The number of hydrogen-bond acceptors (Lipinski definition) is 4. The molecule has 0 amide bonds. The third-order valence-corrected chi connectivity index (χ3v) is 6.54. The quantitative estimate of drug-likeness (QED) is 0.301. The summed E-state index contributed by atoms with van der Waals surface area (Å²) in [6.45, 7) is 7.67. The number of aromatic nitrogens is 1. The van der Waals surface area contributed by atoms with Gasteiger partial charge in [0.15, 0.2) is 0 Å². The van der Waals surface area contributed by atoms with Crippen molar-refractivity contribution in [2.45, 2.75) is 20.8 Å². The highest BCUT2D eigenvalue weighted by atomic mass is 32.1. The number of amidine groups is 1. The van der Waals surface area contributed by atoms with E-state index in [9.17, 15) is 4.79 Å². The summed E-state index contributed by atoms with van der Waals surface area (Å²) >= 11 is 1.48. The second kappa shape index (κ2) is 8.78. The van der Waals surface area contributed by atoms with Gasteiger partial charge < -0.3 is 10.2 Å². The number of nitrogens with zero attached hydrogens (tertiary/aromatic N) is 2. The Morgan fingerprint density at radius 2 is 1.77 bits per heavy atom. The Bertz CT molecular complexity index is 1290. The average Bonchev–Trinajstić information content (AvgIpc) is 3.13. The number of rotatable bonds is 6. The largest absolute Gasteiger partial charge is 0.356 e. The lowest BCUT2D eigenvalue weighted by molar-refractivity contribution is 0.464. The van der Waals surface area contributed by atoms with Crippen LogP contribution in [0.25, 0.3) is 15.9 Å². The molecule has 2 aromatic carbocycles. The van der Waals surface area contributed by atoms with Crippen molar-refractivity contribution in [1.82, 2.24) is 9.47 Å². The van der Waals surface area contributed by atoms with Crippen LogP contribution in [0.15, 0.2) is 71.5 Å². The second-order valence-electron chi connectivity index (χ2n) is 7.38. The Hall–Kier alpha value is -3.38. The maximum atomic E-state index is 12.9. The first kappa shape index (κ1) is 20.9. The highest BCUT2D eigenvalue weighted by Gasteiger charge is 2.22. The molecule has 0 bridgehead atoms. The first-order chi connectivity index (χ1) is 15.0. The summed E-state index contributed by atoms with van der Waals surface area (Å²) in [6.07, 6.45) is 0. The zero-order valence-electron chi connectivity index (χ0n) is 18.0. The molecule has 0 spiro atoms. The zero-order valence-corrected chi connectivity index (χ0v) is 18.8. The van der Waals surface area contributed by atoms with Gasteiger partial charge in [0.25, 0.3) is 5.56 Å². The number of fused-ring (bicyclic) bond motifs is 1. The molecule has 4 aromatic rings. The summed E-state index contributed by atoms with van der Waals surface area (Å²) in [6, 6.07) is 21.3. The van der Waals surface area contributed by atoms with E-state index in [0.29, 0.717) is 5.84 Å². The standard InChI is InChI=1S/C25H26N4OS/c1-4-28(5-2)24(26)23-22(27-18-11-9-10-17(3)16-18)20-14-15-21(30)29(25(20)31-23)19-12-7-6-8-13-19/h6-16,26-27H,4-5H2,1-3H3. The fourth-order valence-corrected chi connectivity index (χ4v) is 4.99. The molecule has 0 saturated carbocycles. The van der Waals surface area contributed by atoms with E-state index < -0.39 is 0 Å². The topological polar surface area (TPSA) is 61.1 Å². The van der Waals surface area contributed by atoms with Gasteiger partial charge in [0.1, 0.15) is 10.7 Å². The molecule has 4 rings (SSSR count). The van der Waals surface area contributed by atoms with E-state index >= 15 is 0 Å². The number of para-hydroxylation sites is 1. The Morgan fingerprint density at radius 3 is 2.45 bits per heavy atom. The van der Waals surface area contributed by atoms with Crippen molar-refractivity contribution in [1.29, 1.82) is 5.41 Å². The fraction of sp³-hybridized carbons (Fsp3) is 0.200. The third-order valence-electron chi connectivity index (χ3n) is 5.34. The highest BCUT2D eigenvalue weighted by Crippen LogP contribution is 2.38. The summed E-state index contributed by atoms with van der Waals surface area (Å²) in [5.74, 6) is 0.466. The molecule has 2 N–H and O–H groups in total. The van der Waals surface area contributed by atoms with Crippen molar-refractivity contribution < 1.29 is 0 Å². The van der Waals surface area contributed by atoms with E-state index in [2.05, 4.69) is 38.2 Å². The van der Waals surface area contributed by atoms with Gasteiger partial charge in [-0.3, -0.25) is 14.8 Å². The van der Waals surface area contributed by atoms with Gasteiger partial charge in [-0.2, -0.15) is 0 Å². The number of nitrogens with one attached hydrogen (secondary N) is 2. The molecule has 31 heavy (non-hydrogen) atoms. The van der Waals surface area contributed by atoms with Gasteiger partial charge >= 0.3 is 0 Å². The van der Waals surface area contributed by atoms with Crippen LogP contribution in [0.1, 0.15) is 24.3 Å². The lowest BCUT2D eigenvalue weighted by atomic mass is 10.2. The third kappa shape index (κ3) is 3.99. The fourth-order valence-electron chi connectivity index (χ4n) is 3.74. The van der Waals surface area contributed by atoms with Crippen molar-refractivity contribution in [2.75, 3.05) is 18.4 Å². The molecule has 6 heteroatoms. The van der Waals surface area contributed by atoms with Crippen LogP contribution in [0, 0.1) is 12.3 Å². The molecule has 0 fully saturated rings. The minimum Gasteiger partial charge on any atom is -0.356 e. The van der Waals surface area contributed by atoms with Crippen LogP contribution in [0.2, 0.25) is 0 Å². The van der Waals surface area contributed by atoms with Gasteiger partial charge in [-0.05, 0) is 56.7 Å². The minimum absolute atomic E-state index is 0.0806. The molecule has 0 aliphatic carbocycles. The van der Waals surface area contributed by atoms with Gasteiger partial charge in [-0.1, -0.05) is 30.3 Å². The Balaban J connectivity index is 1.98. The summed E-state index contributed by atoms with van der Waals surface area (Å²) in [4.78, 5) is 16.5. The molecular weight excluding hydrogens is 404 g/mol. The van der Waals surface area contributed by atoms with Crippen LogP contribution in [0.5, 0.6) is 0 Å². The van der Waals surface area contributed by atoms with Crippen molar-refractivity contribution >= 4 is 38.8 Å². The molecule has 158 valence electrons. The van der Waals surface area contributed by atoms with E-state index in [-0.39, 0.29) is 5.56 Å². The molecular formula is C25H26N4OS. The maximum absolute atomic E-state index is 12.9. The van der Waals surface area contributed by atoms with E-state index in [1.54, 1.807) is 10.6 Å². The molecule has 0 saturated heterocycles. The van der Waals surface area contributed by atoms with E-state index in [0.717, 1.165) is 50.8 Å².